The first-order chi connectivity index (χ1) is 7.30. The lowest BCUT2D eigenvalue weighted by Crippen LogP contribution is -2.39. The second-order valence-corrected chi connectivity index (χ2v) is 4.71. The van der Waals surface area contributed by atoms with Crippen LogP contribution in [0.25, 0.3) is 0 Å². The molecule has 0 bridgehead atoms. The van der Waals surface area contributed by atoms with Crippen molar-refractivity contribution in [3.63, 3.8) is 0 Å². The van der Waals surface area contributed by atoms with E-state index < -0.39 is 12.4 Å². The Morgan fingerprint density at radius 3 is 2.56 bits per heavy atom. The van der Waals surface area contributed by atoms with Crippen molar-refractivity contribution >= 4 is 6.98 Å². The Morgan fingerprint density at radius 1 is 1.50 bits per heavy atom. The smallest absolute Gasteiger partial charge is 0.445 e. The molecule has 1 aliphatic rings. The second kappa shape index (κ2) is 5.23. The summed E-state index contributed by atoms with van der Waals surface area (Å²) in [6.45, 7) is -0.130. The molecular formula is C10H19BF3N2-. The molecule has 94 valence electrons. The van der Waals surface area contributed by atoms with Gasteiger partial charge in [0, 0.05) is 12.6 Å². The fourth-order valence-corrected chi connectivity index (χ4v) is 2.08. The first-order valence-corrected chi connectivity index (χ1v) is 5.57. The topological polar surface area (TPSA) is 6.48 Å². The van der Waals surface area contributed by atoms with E-state index in [1.165, 1.54) is 0 Å². The molecule has 6 heteroatoms. The zero-order valence-corrected chi connectivity index (χ0v) is 9.93. The molecule has 1 unspecified atom stereocenters. The summed E-state index contributed by atoms with van der Waals surface area (Å²) in [5.41, 5.74) is -0.608. The van der Waals surface area contributed by atoms with Gasteiger partial charge >= 0.3 is 6.98 Å². The van der Waals surface area contributed by atoms with Gasteiger partial charge in [-0.05, 0) is 40.0 Å². The van der Waals surface area contributed by atoms with E-state index in [2.05, 4.69) is 11.5 Å². The van der Waals surface area contributed by atoms with Crippen LogP contribution in [0.1, 0.15) is 12.8 Å². The Hall–Kier alpha value is -0.485. The highest BCUT2D eigenvalue weighted by Crippen LogP contribution is 2.20. The lowest BCUT2D eigenvalue weighted by Gasteiger charge is -2.28. The van der Waals surface area contributed by atoms with E-state index in [0.717, 1.165) is 19.4 Å². The maximum Gasteiger partial charge on any atom is 0.506 e. The van der Waals surface area contributed by atoms with Crippen LogP contribution >= 0.6 is 0 Å². The van der Waals surface area contributed by atoms with Gasteiger partial charge in [-0.2, -0.15) is 0 Å². The summed E-state index contributed by atoms with van der Waals surface area (Å²) >= 11 is 0. The lowest BCUT2D eigenvalue weighted by molar-refractivity contribution is 0.229. The summed E-state index contributed by atoms with van der Waals surface area (Å²) in [6.07, 6.45) is 2.21. The second-order valence-electron chi connectivity index (χ2n) is 4.71. The van der Waals surface area contributed by atoms with Gasteiger partial charge in [-0.1, -0.05) is 0 Å². The molecule has 16 heavy (non-hydrogen) atoms. The zero-order chi connectivity index (χ0) is 12.3. The van der Waals surface area contributed by atoms with Crippen molar-refractivity contribution in [2.24, 2.45) is 0 Å². The molecule has 0 amide bonds. The van der Waals surface area contributed by atoms with Gasteiger partial charge in [0.2, 0.25) is 0 Å². The molecule has 1 rings (SSSR count). The van der Waals surface area contributed by atoms with Crippen molar-refractivity contribution in [2.75, 3.05) is 33.7 Å². The lowest BCUT2D eigenvalue weighted by atomic mass is 9.80. The summed E-state index contributed by atoms with van der Waals surface area (Å²) in [5, 5.41) is 0. The molecule has 0 saturated carbocycles. The monoisotopic (exact) mass is 235 g/mol. The van der Waals surface area contributed by atoms with Crippen molar-refractivity contribution in [2.45, 2.75) is 18.9 Å². The predicted octanol–water partition coefficient (Wildman–Crippen LogP) is 1.96. The highest BCUT2D eigenvalue weighted by Gasteiger charge is 2.28. The summed E-state index contributed by atoms with van der Waals surface area (Å²) in [5.74, 6) is 0. The van der Waals surface area contributed by atoms with Gasteiger partial charge in [-0.3, -0.25) is 0 Å². The van der Waals surface area contributed by atoms with Gasteiger partial charge in [0.05, 0.1) is 0 Å². The molecule has 0 aromatic heterocycles. The molecule has 1 saturated heterocycles. The molecule has 0 N–H and O–H groups in total. The Labute approximate surface area is 95.2 Å². The highest BCUT2D eigenvalue weighted by molar-refractivity contribution is 6.66. The molecule has 0 aromatic rings. The summed E-state index contributed by atoms with van der Waals surface area (Å²) in [7, 11) is 3.74. The number of hydrogen-bond donors (Lipinski definition) is 0. The van der Waals surface area contributed by atoms with Crippen LogP contribution in [0.5, 0.6) is 0 Å². The van der Waals surface area contributed by atoms with Crippen molar-refractivity contribution in [1.29, 1.82) is 0 Å². The fourth-order valence-electron chi connectivity index (χ4n) is 2.08. The van der Waals surface area contributed by atoms with E-state index >= 15 is 0 Å². The van der Waals surface area contributed by atoms with Crippen LogP contribution in [-0.2, 0) is 0 Å². The third kappa shape index (κ3) is 3.83. The molecule has 1 heterocycles. The van der Waals surface area contributed by atoms with Crippen LogP contribution in [0.4, 0.5) is 12.9 Å². The van der Waals surface area contributed by atoms with Gasteiger partial charge in [-0.25, -0.2) is 0 Å². The normalized spacial score (nSPS) is 23.0. The number of halogens is 3. The first-order valence-electron chi connectivity index (χ1n) is 5.57. The quantitative estimate of drug-likeness (QED) is 0.672. The Bertz CT molecular complexity index is 255. The van der Waals surface area contributed by atoms with E-state index in [4.69, 9.17) is 0 Å². The van der Waals surface area contributed by atoms with Crippen LogP contribution in [0.3, 0.4) is 0 Å². The highest BCUT2D eigenvalue weighted by atomic mass is 19.4. The summed E-state index contributed by atoms with van der Waals surface area (Å²) < 4.78 is 37.0. The Morgan fingerprint density at radius 2 is 2.12 bits per heavy atom. The predicted molar refractivity (Wildman–Crippen MR) is 61.4 cm³/mol. The Kier molecular flexibility index (Phi) is 4.44. The third-order valence-corrected chi connectivity index (χ3v) is 3.13. The summed E-state index contributed by atoms with van der Waals surface area (Å²) in [6, 6.07) is 0.388. The standard InChI is InChI=1S/C10H19BF3N2/c1-9(11(12,13)14)7-15(2)8-10-5-4-6-16(10)3/h10H,1,4-8H2,2-3H3/q-1. The molecule has 0 radical (unpaired) electrons. The third-order valence-electron chi connectivity index (χ3n) is 3.13. The van der Waals surface area contributed by atoms with Crippen molar-refractivity contribution in [3.8, 4) is 0 Å². The molecule has 1 fully saturated rings. The van der Waals surface area contributed by atoms with Gasteiger partial charge in [-0.15, -0.1) is 12.1 Å². The number of hydrogen-bond acceptors (Lipinski definition) is 2. The molecule has 0 aromatic carbocycles. The van der Waals surface area contributed by atoms with Crippen LogP contribution in [0.15, 0.2) is 12.1 Å². The average Bonchev–Trinajstić information content (AvgIpc) is 2.50. The molecule has 1 aliphatic heterocycles. The van der Waals surface area contributed by atoms with Crippen LogP contribution in [-0.4, -0.2) is 56.5 Å². The van der Waals surface area contributed by atoms with Crippen LogP contribution in [0, 0.1) is 0 Å². The van der Waals surface area contributed by atoms with Crippen molar-refractivity contribution < 1.29 is 12.9 Å². The van der Waals surface area contributed by atoms with Gasteiger partial charge < -0.3 is 22.7 Å². The van der Waals surface area contributed by atoms with Gasteiger partial charge in [0.15, 0.2) is 0 Å². The number of likely N-dealkylation sites (tertiary alicyclic amines) is 1. The SMILES string of the molecule is C=C(CN(C)CC1CCCN1C)[B-](F)(F)F. The average molecular weight is 235 g/mol. The molecule has 0 aliphatic carbocycles. The number of nitrogens with zero attached hydrogens (tertiary/aromatic N) is 2. The minimum absolute atomic E-state index is 0.0756. The molecule has 2 nitrogen and oxygen atoms in total. The minimum atomic E-state index is -4.89. The molecule has 1 atom stereocenters. The zero-order valence-electron chi connectivity index (χ0n) is 9.93. The van der Waals surface area contributed by atoms with E-state index in [0.29, 0.717) is 12.6 Å². The maximum absolute atomic E-state index is 12.3. The van der Waals surface area contributed by atoms with Crippen molar-refractivity contribution in [1.82, 2.24) is 9.80 Å². The van der Waals surface area contributed by atoms with Crippen LogP contribution < -0.4 is 0 Å². The summed E-state index contributed by atoms with van der Waals surface area (Å²) in [4.78, 5) is 3.92. The fraction of sp³-hybridized carbons (Fsp3) is 0.800. The maximum atomic E-state index is 12.3. The molecule has 0 spiro atoms. The largest absolute Gasteiger partial charge is 0.506 e. The number of likely N-dealkylation sites (N-methyl/N-ethyl adjacent to an activating group) is 2. The van der Waals surface area contributed by atoms with Gasteiger partial charge in [0.25, 0.3) is 0 Å². The van der Waals surface area contributed by atoms with E-state index in [9.17, 15) is 12.9 Å². The molecular weight excluding hydrogens is 216 g/mol. The van der Waals surface area contributed by atoms with Gasteiger partial charge in [0.1, 0.15) is 0 Å². The van der Waals surface area contributed by atoms with Crippen molar-refractivity contribution in [3.05, 3.63) is 12.1 Å². The first kappa shape index (κ1) is 13.6. The van der Waals surface area contributed by atoms with E-state index in [-0.39, 0.29) is 6.54 Å². The van der Waals surface area contributed by atoms with Crippen LogP contribution in [0.2, 0.25) is 0 Å². The Balaban J connectivity index is 2.36. The van der Waals surface area contributed by atoms with E-state index in [1.54, 1.807) is 11.9 Å². The van der Waals surface area contributed by atoms with E-state index in [1.807, 2.05) is 7.05 Å². The minimum Gasteiger partial charge on any atom is -0.445 e. The number of rotatable bonds is 5.